The molecule has 0 unspecified atom stereocenters. The van der Waals surface area contributed by atoms with Crippen LogP contribution in [0.2, 0.25) is 0 Å². The summed E-state index contributed by atoms with van der Waals surface area (Å²) in [6, 6.07) is 5.53. The van der Waals surface area contributed by atoms with E-state index in [0.717, 1.165) is 0 Å². The molecule has 5 nitrogen and oxygen atoms in total. The average molecular weight is 208 g/mol. The third-order valence-corrected chi connectivity index (χ3v) is 2.01. The highest BCUT2D eigenvalue weighted by atomic mass is 19.1. The van der Waals surface area contributed by atoms with E-state index in [1.165, 1.54) is 28.8 Å². The highest BCUT2D eigenvalue weighted by Gasteiger charge is 2.08. The van der Waals surface area contributed by atoms with Crippen LogP contribution in [0.4, 0.5) is 4.39 Å². The lowest BCUT2D eigenvalue weighted by Gasteiger charge is -2.02. The molecule has 0 amide bonds. The van der Waals surface area contributed by atoms with E-state index < -0.39 is 0 Å². The Morgan fingerprint density at radius 1 is 1.40 bits per heavy atom. The number of rotatable bonds is 2. The maximum absolute atomic E-state index is 12.7. The van der Waals surface area contributed by atoms with Gasteiger partial charge < -0.3 is 5.73 Å². The van der Waals surface area contributed by atoms with Crippen LogP contribution >= 0.6 is 0 Å². The molecule has 6 heteroatoms. The molecule has 0 aliphatic heterocycles. The number of aromatic amines is 1. The fraction of sp³-hybridized carbons (Fsp3) is 0.111. The minimum Gasteiger partial charge on any atom is -0.324 e. The van der Waals surface area contributed by atoms with E-state index in [4.69, 9.17) is 5.73 Å². The number of hydrogen-bond acceptors (Lipinski definition) is 3. The van der Waals surface area contributed by atoms with E-state index in [0.29, 0.717) is 11.5 Å². The summed E-state index contributed by atoms with van der Waals surface area (Å²) >= 11 is 0. The molecule has 3 N–H and O–H groups in total. The third-order valence-electron chi connectivity index (χ3n) is 2.01. The fourth-order valence-electron chi connectivity index (χ4n) is 1.32. The van der Waals surface area contributed by atoms with Crippen molar-refractivity contribution in [1.82, 2.24) is 14.8 Å². The zero-order valence-electron chi connectivity index (χ0n) is 7.77. The summed E-state index contributed by atoms with van der Waals surface area (Å²) in [6.07, 6.45) is 0. The average Bonchev–Trinajstić information content (AvgIpc) is 2.61. The van der Waals surface area contributed by atoms with Crippen LogP contribution in [0.1, 0.15) is 5.82 Å². The summed E-state index contributed by atoms with van der Waals surface area (Å²) in [6.45, 7) is 0.135. The quantitative estimate of drug-likeness (QED) is 0.738. The van der Waals surface area contributed by atoms with Gasteiger partial charge in [0.1, 0.15) is 5.82 Å². The van der Waals surface area contributed by atoms with Gasteiger partial charge in [-0.25, -0.2) is 18.9 Å². The Morgan fingerprint density at radius 3 is 2.67 bits per heavy atom. The Morgan fingerprint density at radius 2 is 2.07 bits per heavy atom. The van der Waals surface area contributed by atoms with Gasteiger partial charge in [-0.3, -0.25) is 0 Å². The number of hydrogen-bond donors (Lipinski definition) is 2. The molecule has 2 rings (SSSR count). The first-order chi connectivity index (χ1) is 7.22. The molecule has 0 spiro atoms. The highest BCUT2D eigenvalue weighted by Crippen LogP contribution is 2.07. The van der Waals surface area contributed by atoms with Gasteiger partial charge >= 0.3 is 5.69 Å². The number of H-pyrrole nitrogens is 1. The Kier molecular flexibility index (Phi) is 2.34. The van der Waals surface area contributed by atoms with Crippen molar-refractivity contribution in [3.05, 3.63) is 46.4 Å². The SMILES string of the molecule is NCc1n[nH]c(=O)n1-c1ccc(F)cc1. The second-order valence-corrected chi connectivity index (χ2v) is 2.96. The zero-order chi connectivity index (χ0) is 10.8. The van der Waals surface area contributed by atoms with Gasteiger partial charge in [-0.15, -0.1) is 0 Å². The number of halogens is 1. The fourth-order valence-corrected chi connectivity index (χ4v) is 1.32. The first-order valence-electron chi connectivity index (χ1n) is 4.34. The number of benzene rings is 1. The standard InChI is InChI=1S/C9H9FN4O/c10-6-1-3-7(4-2-6)14-8(5-11)12-13-9(14)15/h1-4H,5,11H2,(H,13,15). The molecule has 0 aliphatic carbocycles. The van der Waals surface area contributed by atoms with Crippen molar-refractivity contribution in [1.29, 1.82) is 0 Å². The minimum absolute atomic E-state index is 0.135. The predicted molar refractivity (Wildman–Crippen MR) is 52.0 cm³/mol. The lowest BCUT2D eigenvalue weighted by Crippen LogP contribution is -2.18. The van der Waals surface area contributed by atoms with Crippen LogP contribution < -0.4 is 11.4 Å². The van der Waals surface area contributed by atoms with E-state index in [1.54, 1.807) is 0 Å². The summed E-state index contributed by atoms with van der Waals surface area (Å²) in [4.78, 5) is 11.4. The molecular formula is C9H9FN4O. The lowest BCUT2D eigenvalue weighted by atomic mass is 10.3. The normalized spacial score (nSPS) is 10.5. The van der Waals surface area contributed by atoms with E-state index >= 15 is 0 Å². The van der Waals surface area contributed by atoms with Gasteiger partial charge in [0.25, 0.3) is 0 Å². The van der Waals surface area contributed by atoms with E-state index in [1.807, 2.05) is 0 Å². The van der Waals surface area contributed by atoms with E-state index in [9.17, 15) is 9.18 Å². The number of aromatic nitrogens is 3. The van der Waals surface area contributed by atoms with Crippen LogP contribution in [-0.4, -0.2) is 14.8 Å². The van der Waals surface area contributed by atoms with Gasteiger partial charge in [-0.1, -0.05) is 0 Å². The minimum atomic E-state index is -0.387. The molecule has 0 atom stereocenters. The molecule has 0 aliphatic rings. The van der Waals surface area contributed by atoms with Gasteiger partial charge in [0, 0.05) is 0 Å². The Bertz CT molecular complexity index is 514. The van der Waals surface area contributed by atoms with Crippen molar-refractivity contribution in [3.8, 4) is 5.69 Å². The second-order valence-electron chi connectivity index (χ2n) is 2.96. The van der Waals surface area contributed by atoms with Gasteiger partial charge in [-0.2, -0.15) is 5.10 Å². The van der Waals surface area contributed by atoms with Crippen LogP contribution in [0, 0.1) is 5.82 Å². The van der Waals surface area contributed by atoms with Gasteiger partial charge in [0.15, 0.2) is 5.82 Å². The van der Waals surface area contributed by atoms with Crippen LogP contribution in [0.15, 0.2) is 29.1 Å². The van der Waals surface area contributed by atoms with Crippen LogP contribution in [0.5, 0.6) is 0 Å². The summed E-state index contributed by atoms with van der Waals surface area (Å²) in [5, 5.41) is 6.02. The molecule has 78 valence electrons. The number of nitrogens with one attached hydrogen (secondary N) is 1. The molecule has 1 aromatic carbocycles. The molecule has 0 radical (unpaired) electrons. The Balaban J connectivity index is 2.57. The van der Waals surface area contributed by atoms with Crippen molar-refractivity contribution in [2.45, 2.75) is 6.54 Å². The van der Waals surface area contributed by atoms with Gasteiger partial charge in [0.05, 0.1) is 12.2 Å². The van der Waals surface area contributed by atoms with Crippen molar-refractivity contribution in [3.63, 3.8) is 0 Å². The molecule has 15 heavy (non-hydrogen) atoms. The highest BCUT2D eigenvalue weighted by molar-refractivity contribution is 5.32. The smallest absolute Gasteiger partial charge is 0.324 e. The second kappa shape index (κ2) is 3.66. The summed E-state index contributed by atoms with van der Waals surface area (Å²) in [5.41, 5.74) is 5.57. The van der Waals surface area contributed by atoms with Crippen molar-refractivity contribution in [2.24, 2.45) is 5.73 Å². The molecule has 0 fully saturated rings. The third kappa shape index (κ3) is 1.66. The van der Waals surface area contributed by atoms with Crippen molar-refractivity contribution in [2.75, 3.05) is 0 Å². The molecule has 0 saturated heterocycles. The maximum Gasteiger partial charge on any atom is 0.347 e. The van der Waals surface area contributed by atoms with Crippen molar-refractivity contribution >= 4 is 0 Å². The van der Waals surface area contributed by atoms with Gasteiger partial charge in [-0.05, 0) is 24.3 Å². The van der Waals surface area contributed by atoms with Crippen LogP contribution in [0.25, 0.3) is 5.69 Å². The first kappa shape index (κ1) is 9.60. The van der Waals surface area contributed by atoms with E-state index in [-0.39, 0.29) is 18.1 Å². The molecular weight excluding hydrogens is 199 g/mol. The lowest BCUT2D eigenvalue weighted by molar-refractivity contribution is 0.627. The largest absolute Gasteiger partial charge is 0.347 e. The monoisotopic (exact) mass is 208 g/mol. The molecule has 2 aromatic rings. The summed E-state index contributed by atoms with van der Waals surface area (Å²) in [7, 11) is 0. The molecule has 0 saturated carbocycles. The Labute approximate surface area is 84.3 Å². The zero-order valence-corrected chi connectivity index (χ0v) is 7.77. The van der Waals surface area contributed by atoms with Crippen LogP contribution in [-0.2, 0) is 6.54 Å². The Hall–Kier alpha value is -1.95. The summed E-state index contributed by atoms with van der Waals surface area (Å²) < 4.78 is 14.0. The van der Waals surface area contributed by atoms with E-state index in [2.05, 4.69) is 10.2 Å². The topological polar surface area (TPSA) is 76.7 Å². The maximum atomic E-state index is 12.7. The molecule has 1 heterocycles. The number of nitrogens with two attached hydrogens (primary N) is 1. The summed E-state index contributed by atoms with van der Waals surface area (Å²) in [5.74, 6) is 0.0520. The molecule has 1 aromatic heterocycles. The predicted octanol–water partition coefficient (Wildman–Crippen LogP) is 0.158. The number of nitrogens with zero attached hydrogens (tertiary/aromatic N) is 2. The van der Waals surface area contributed by atoms with Gasteiger partial charge in [0.2, 0.25) is 0 Å². The first-order valence-corrected chi connectivity index (χ1v) is 4.34. The van der Waals surface area contributed by atoms with Crippen molar-refractivity contribution < 1.29 is 4.39 Å². The van der Waals surface area contributed by atoms with Crippen LogP contribution in [0.3, 0.4) is 0 Å². The molecule has 0 bridgehead atoms.